The highest BCUT2D eigenvalue weighted by atomic mass is 35.5. The Labute approximate surface area is 102 Å². The fourth-order valence-electron chi connectivity index (χ4n) is 1.20. The van der Waals surface area contributed by atoms with Crippen LogP contribution in [-0.4, -0.2) is 20.2 Å². The molecule has 7 heteroatoms. The predicted molar refractivity (Wildman–Crippen MR) is 62.7 cm³/mol. The molecule has 0 spiro atoms. The van der Waals surface area contributed by atoms with Crippen molar-refractivity contribution in [1.82, 2.24) is 20.2 Å². The van der Waals surface area contributed by atoms with Crippen molar-refractivity contribution < 1.29 is 0 Å². The number of nitrogens with one attached hydrogen (secondary N) is 2. The van der Waals surface area contributed by atoms with Gasteiger partial charge in [-0.15, -0.1) is 0 Å². The van der Waals surface area contributed by atoms with Gasteiger partial charge in [0.2, 0.25) is 5.28 Å². The van der Waals surface area contributed by atoms with Crippen molar-refractivity contribution in [3.63, 3.8) is 0 Å². The molecule has 2 N–H and O–H groups in total. The minimum atomic E-state index is 0.163. The summed E-state index contributed by atoms with van der Waals surface area (Å²) in [5.74, 6) is 0.516. The lowest BCUT2D eigenvalue weighted by Crippen LogP contribution is -2.03. The van der Waals surface area contributed by atoms with Gasteiger partial charge in [0.15, 0.2) is 0 Å². The van der Waals surface area contributed by atoms with Gasteiger partial charge < -0.3 is 5.32 Å². The Morgan fingerprint density at radius 2 is 2.19 bits per heavy atom. The molecular weight excluding hydrogens is 249 g/mol. The minimum Gasteiger partial charge on any atom is -0.364 e. The van der Waals surface area contributed by atoms with Crippen LogP contribution in [0.1, 0.15) is 11.3 Å². The maximum absolute atomic E-state index is 5.91. The van der Waals surface area contributed by atoms with E-state index >= 15 is 0 Å². The molecule has 2 rings (SSSR count). The van der Waals surface area contributed by atoms with Crippen molar-refractivity contribution in [1.29, 1.82) is 0 Å². The highest BCUT2D eigenvalue weighted by molar-refractivity contribution is 6.33. The Bertz CT molecular complexity index is 496. The first-order valence-electron chi connectivity index (χ1n) is 4.57. The average molecular weight is 258 g/mol. The van der Waals surface area contributed by atoms with E-state index in [9.17, 15) is 0 Å². The molecule has 16 heavy (non-hydrogen) atoms. The fourth-order valence-corrected chi connectivity index (χ4v) is 1.49. The van der Waals surface area contributed by atoms with E-state index in [-0.39, 0.29) is 5.28 Å². The number of hydrogen-bond acceptors (Lipinski definition) is 4. The van der Waals surface area contributed by atoms with Gasteiger partial charge in [-0.2, -0.15) is 10.1 Å². The van der Waals surface area contributed by atoms with E-state index in [0.717, 1.165) is 11.3 Å². The van der Waals surface area contributed by atoms with Crippen LogP contribution in [0.15, 0.2) is 12.4 Å². The van der Waals surface area contributed by atoms with Gasteiger partial charge >= 0.3 is 0 Å². The molecule has 0 atom stereocenters. The van der Waals surface area contributed by atoms with Gasteiger partial charge in [-0.25, -0.2) is 4.98 Å². The first-order valence-corrected chi connectivity index (χ1v) is 5.33. The van der Waals surface area contributed by atoms with Crippen molar-refractivity contribution >= 4 is 29.0 Å². The lowest BCUT2D eigenvalue weighted by atomic mass is 10.2. The second kappa shape index (κ2) is 4.67. The van der Waals surface area contributed by atoms with Crippen LogP contribution in [0.25, 0.3) is 0 Å². The van der Waals surface area contributed by atoms with Crippen LogP contribution in [0.4, 0.5) is 5.82 Å². The second-order valence-electron chi connectivity index (χ2n) is 3.21. The number of H-pyrrole nitrogens is 1. The standard InChI is InChI=1S/C9H9Cl2N5/c1-5-6(3-14-16-5)2-12-8-7(10)4-13-9(11)15-8/h3-4H,2H2,1H3,(H,14,16)(H,12,13,15). The van der Waals surface area contributed by atoms with E-state index in [1.807, 2.05) is 6.92 Å². The van der Waals surface area contributed by atoms with Crippen LogP contribution in [0.2, 0.25) is 10.3 Å². The largest absolute Gasteiger partial charge is 0.364 e. The summed E-state index contributed by atoms with van der Waals surface area (Å²) >= 11 is 11.6. The van der Waals surface area contributed by atoms with E-state index in [4.69, 9.17) is 23.2 Å². The van der Waals surface area contributed by atoms with Gasteiger partial charge in [-0.3, -0.25) is 5.10 Å². The maximum atomic E-state index is 5.91. The summed E-state index contributed by atoms with van der Waals surface area (Å²) in [7, 11) is 0. The number of aromatic nitrogens is 4. The molecule has 0 bridgehead atoms. The zero-order valence-electron chi connectivity index (χ0n) is 8.46. The number of halogens is 2. The third-order valence-corrected chi connectivity index (χ3v) is 2.55. The van der Waals surface area contributed by atoms with Crippen LogP contribution in [0, 0.1) is 6.92 Å². The van der Waals surface area contributed by atoms with Crippen molar-refractivity contribution in [2.45, 2.75) is 13.5 Å². The van der Waals surface area contributed by atoms with Gasteiger partial charge in [0, 0.05) is 17.8 Å². The SMILES string of the molecule is Cc1[nH]ncc1CNc1nc(Cl)ncc1Cl. The molecule has 0 aliphatic heterocycles. The Balaban J connectivity index is 2.10. The number of aryl methyl sites for hydroxylation is 1. The molecular formula is C9H9Cl2N5. The third kappa shape index (κ3) is 2.43. The Morgan fingerprint density at radius 1 is 1.38 bits per heavy atom. The molecule has 0 radical (unpaired) electrons. The minimum absolute atomic E-state index is 0.163. The molecule has 2 aromatic rings. The topological polar surface area (TPSA) is 66.5 Å². The summed E-state index contributed by atoms with van der Waals surface area (Å²) in [5.41, 5.74) is 2.05. The molecule has 0 unspecified atom stereocenters. The van der Waals surface area contributed by atoms with Crippen LogP contribution in [0.5, 0.6) is 0 Å². The summed E-state index contributed by atoms with van der Waals surface area (Å²) in [6.45, 7) is 2.52. The quantitative estimate of drug-likeness (QED) is 0.830. The maximum Gasteiger partial charge on any atom is 0.224 e. The highest BCUT2D eigenvalue weighted by Gasteiger charge is 2.05. The predicted octanol–water partition coefficient (Wildman–Crippen LogP) is 2.43. The molecule has 2 aromatic heterocycles. The molecule has 0 aliphatic rings. The number of anilines is 1. The van der Waals surface area contributed by atoms with Gasteiger partial charge in [-0.05, 0) is 18.5 Å². The molecule has 0 fully saturated rings. The number of rotatable bonds is 3. The molecule has 84 valence electrons. The van der Waals surface area contributed by atoms with Gasteiger partial charge in [0.25, 0.3) is 0 Å². The lowest BCUT2D eigenvalue weighted by Gasteiger charge is -2.06. The van der Waals surface area contributed by atoms with E-state index < -0.39 is 0 Å². The first kappa shape index (κ1) is 11.2. The van der Waals surface area contributed by atoms with E-state index in [2.05, 4.69) is 25.5 Å². The lowest BCUT2D eigenvalue weighted by molar-refractivity contribution is 1.03. The van der Waals surface area contributed by atoms with E-state index in [0.29, 0.717) is 17.4 Å². The Morgan fingerprint density at radius 3 is 2.88 bits per heavy atom. The number of hydrogen-bond donors (Lipinski definition) is 2. The highest BCUT2D eigenvalue weighted by Crippen LogP contribution is 2.20. The van der Waals surface area contributed by atoms with Crippen LogP contribution < -0.4 is 5.32 Å². The Hall–Kier alpha value is -1.33. The monoisotopic (exact) mass is 257 g/mol. The molecule has 0 saturated heterocycles. The van der Waals surface area contributed by atoms with Crippen molar-refractivity contribution in [2.75, 3.05) is 5.32 Å². The molecule has 0 aromatic carbocycles. The average Bonchev–Trinajstić information content (AvgIpc) is 2.66. The summed E-state index contributed by atoms with van der Waals surface area (Å²) in [5, 5.41) is 10.4. The summed E-state index contributed by atoms with van der Waals surface area (Å²) in [4.78, 5) is 7.75. The van der Waals surface area contributed by atoms with Gasteiger partial charge in [-0.1, -0.05) is 11.6 Å². The number of nitrogens with zero attached hydrogens (tertiary/aromatic N) is 3. The van der Waals surface area contributed by atoms with E-state index in [1.165, 1.54) is 6.20 Å². The molecule has 0 aliphatic carbocycles. The van der Waals surface area contributed by atoms with E-state index in [1.54, 1.807) is 6.20 Å². The van der Waals surface area contributed by atoms with Crippen LogP contribution in [0.3, 0.4) is 0 Å². The fraction of sp³-hybridized carbons (Fsp3) is 0.222. The molecule has 5 nitrogen and oxygen atoms in total. The normalized spacial score (nSPS) is 10.4. The number of aromatic amines is 1. The van der Waals surface area contributed by atoms with Gasteiger partial charge in [0.05, 0.1) is 12.4 Å². The molecule has 2 heterocycles. The summed E-state index contributed by atoms with van der Waals surface area (Å²) < 4.78 is 0. The van der Waals surface area contributed by atoms with Gasteiger partial charge in [0.1, 0.15) is 10.8 Å². The van der Waals surface area contributed by atoms with Crippen molar-refractivity contribution in [2.24, 2.45) is 0 Å². The summed E-state index contributed by atoms with van der Waals surface area (Å²) in [6, 6.07) is 0. The zero-order valence-corrected chi connectivity index (χ0v) is 9.97. The van der Waals surface area contributed by atoms with Crippen molar-refractivity contribution in [3.05, 3.63) is 34.0 Å². The smallest absolute Gasteiger partial charge is 0.224 e. The van der Waals surface area contributed by atoms with Crippen molar-refractivity contribution in [3.8, 4) is 0 Å². The molecule has 0 saturated carbocycles. The summed E-state index contributed by atoms with van der Waals surface area (Å²) in [6.07, 6.45) is 3.21. The molecule has 0 amide bonds. The van der Waals surface area contributed by atoms with Crippen LogP contribution in [-0.2, 0) is 6.54 Å². The van der Waals surface area contributed by atoms with Crippen LogP contribution >= 0.6 is 23.2 Å². The zero-order chi connectivity index (χ0) is 11.5. The second-order valence-corrected chi connectivity index (χ2v) is 3.95. The third-order valence-electron chi connectivity index (χ3n) is 2.10. The Kier molecular flexibility index (Phi) is 3.26. The first-order chi connectivity index (χ1) is 7.66.